The van der Waals surface area contributed by atoms with Crippen molar-refractivity contribution in [2.24, 2.45) is 17.3 Å². The minimum atomic E-state index is -1.15. The number of aryl methyl sites for hydroxylation is 1. The van der Waals surface area contributed by atoms with Gasteiger partial charge >= 0.3 is 5.97 Å². The number of hydrazine groups is 1. The van der Waals surface area contributed by atoms with Gasteiger partial charge in [0.25, 0.3) is 5.91 Å². The Morgan fingerprint density at radius 3 is 2.76 bits per heavy atom. The summed E-state index contributed by atoms with van der Waals surface area (Å²) in [5.74, 6) is -1.68. The first kappa shape index (κ1) is 40.8. The lowest BCUT2D eigenvalue weighted by molar-refractivity contribution is -0.156. The largest absolute Gasteiger partial charge is 0.464 e. The van der Waals surface area contributed by atoms with E-state index in [9.17, 15) is 14.4 Å². The molecule has 15 heteroatoms. The number of methoxy groups -OCH3 is 1. The van der Waals surface area contributed by atoms with Crippen LogP contribution in [0.5, 0.6) is 0 Å². The number of carbonyl (C=O) groups is 3. The Morgan fingerprint density at radius 1 is 1.19 bits per heavy atom. The van der Waals surface area contributed by atoms with E-state index in [1.807, 2.05) is 32.2 Å². The maximum absolute atomic E-state index is 14.7. The topological polar surface area (TPSA) is 163 Å². The Morgan fingerprint density at radius 2 is 2.02 bits per heavy atom. The first-order valence-electron chi connectivity index (χ1n) is 20.6. The van der Waals surface area contributed by atoms with Crippen LogP contribution in [0, 0.1) is 17.3 Å². The normalized spacial score (nSPS) is 25.0. The SMILES string of the molecule is CCO[C@@H]1c2nc(cs2)-c2ccc3c(c2)c(c(-c2cccnc2[C@H](C)OC)n3CC)CC(C)(C)COC(=O)[C@@H]2CCCN(N2)C(=O)[C@H]1NC(=O)[C@@H]1[C@@H](C)[C@H]1c1cocn1. The van der Waals surface area contributed by atoms with Crippen LogP contribution in [0.1, 0.15) is 94.5 Å². The Balaban J connectivity index is 1.25. The molecule has 2 aliphatic heterocycles. The van der Waals surface area contributed by atoms with E-state index in [2.05, 4.69) is 65.3 Å². The molecule has 1 saturated carbocycles. The Bertz CT molecular complexity index is 2340. The minimum absolute atomic E-state index is 0.000969. The average molecular weight is 824 g/mol. The second-order valence-electron chi connectivity index (χ2n) is 16.6. The molecule has 2 N–H and O–H groups in total. The number of aromatic nitrogens is 4. The number of nitrogens with one attached hydrogen (secondary N) is 2. The molecule has 6 bridgehead atoms. The number of rotatable bonds is 9. The zero-order valence-electron chi connectivity index (χ0n) is 34.7. The van der Waals surface area contributed by atoms with Gasteiger partial charge in [0.2, 0.25) is 5.91 Å². The van der Waals surface area contributed by atoms with Crippen LogP contribution in [-0.2, 0) is 41.6 Å². The number of thiazole rings is 1. The van der Waals surface area contributed by atoms with Crippen LogP contribution in [0.4, 0.5) is 0 Å². The first-order chi connectivity index (χ1) is 28.4. The lowest BCUT2D eigenvalue weighted by atomic mass is 9.84. The van der Waals surface area contributed by atoms with Gasteiger partial charge in [-0.05, 0) is 75.8 Å². The van der Waals surface area contributed by atoms with Gasteiger partial charge in [-0.2, -0.15) is 0 Å². The Hall–Kier alpha value is -4.96. The molecule has 2 fully saturated rings. The summed E-state index contributed by atoms with van der Waals surface area (Å²) in [5, 5.41) is 8.10. The summed E-state index contributed by atoms with van der Waals surface area (Å²) in [6.45, 7) is 13.6. The molecule has 59 heavy (non-hydrogen) atoms. The number of esters is 1. The van der Waals surface area contributed by atoms with E-state index in [0.717, 1.165) is 44.7 Å². The van der Waals surface area contributed by atoms with Gasteiger partial charge in [-0.15, -0.1) is 11.3 Å². The van der Waals surface area contributed by atoms with Gasteiger partial charge in [0.05, 0.1) is 35.5 Å². The molecular weight excluding hydrogens is 771 g/mol. The first-order valence-corrected chi connectivity index (χ1v) is 21.5. The van der Waals surface area contributed by atoms with Gasteiger partial charge < -0.3 is 28.5 Å². The van der Waals surface area contributed by atoms with E-state index in [0.29, 0.717) is 43.1 Å². The molecule has 0 spiro atoms. The van der Waals surface area contributed by atoms with Gasteiger partial charge in [-0.25, -0.2) is 15.4 Å². The Labute approximate surface area is 348 Å². The summed E-state index contributed by atoms with van der Waals surface area (Å²) >= 11 is 1.39. The highest BCUT2D eigenvalue weighted by Gasteiger charge is 2.55. The van der Waals surface area contributed by atoms with Crippen LogP contribution in [-0.4, -0.2) is 81.3 Å². The third-order valence-electron chi connectivity index (χ3n) is 12.1. The van der Waals surface area contributed by atoms with Crippen molar-refractivity contribution >= 4 is 40.0 Å². The lowest BCUT2D eigenvalue weighted by Gasteiger charge is -2.37. The summed E-state index contributed by atoms with van der Waals surface area (Å²) in [4.78, 5) is 56.9. The van der Waals surface area contributed by atoms with Crippen LogP contribution in [0.25, 0.3) is 33.4 Å². The van der Waals surface area contributed by atoms with Crippen molar-refractivity contribution in [2.75, 3.05) is 26.9 Å². The smallest absolute Gasteiger partial charge is 0.324 e. The predicted octanol–water partition coefficient (Wildman–Crippen LogP) is 6.78. The van der Waals surface area contributed by atoms with Gasteiger partial charge in [-0.3, -0.25) is 24.4 Å². The molecule has 8 rings (SSSR count). The fourth-order valence-electron chi connectivity index (χ4n) is 8.89. The fraction of sp³-hybridized carbons (Fsp3) is 0.500. The van der Waals surface area contributed by atoms with Crippen molar-refractivity contribution in [1.29, 1.82) is 0 Å². The predicted molar refractivity (Wildman–Crippen MR) is 222 cm³/mol. The van der Waals surface area contributed by atoms with Crippen LogP contribution >= 0.6 is 11.3 Å². The highest BCUT2D eigenvalue weighted by molar-refractivity contribution is 7.10. The molecule has 7 atom stereocenters. The number of oxazole rings is 1. The average Bonchev–Trinajstić information content (AvgIpc) is 3.69. The summed E-state index contributed by atoms with van der Waals surface area (Å²) in [5.41, 5.74) is 10.0. The second-order valence-corrected chi connectivity index (χ2v) is 17.5. The van der Waals surface area contributed by atoms with Gasteiger partial charge in [0.1, 0.15) is 29.5 Å². The number of cyclic esters (lactones) is 1. The zero-order valence-corrected chi connectivity index (χ0v) is 35.5. The van der Waals surface area contributed by atoms with Crippen molar-refractivity contribution in [1.82, 2.24) is 35.3 Å². The molecular formula is C44H53N7O7S. The van der Waals surface area contributed by atoms with E-state index in [4.69, 9.17) is 28.6 Å². The summed E-state index contributed by atoms with van der Waals surface area (Å²) in [6, 6.07) is 8.54. The molecule has 5 aromatic rings. The number of ether oxygens (including phenoxy) is 3. The number of benzene rings is 1. The van der Waals surface area contributed by atoms with Crippen LogP contribution in [0.3, 0.4) is 0 Å². The zero-order chi connectivity index (χ0) is 41.6. The number of fused-ring (bicyclic) bond motifs is 6. The molecule has 0 radical (unpaired) electrons. The molecule has 2 amide bonds. The molecule has 14 nitrogen and oxygen atoms in total. The summed E-state index contributed by atoms with van der Waals surface area (Å²) in [7, 11) is 1.69. The van der Waals surface area contributed by atoms with Crippen LogP contribution < -0.4 is 10.7 Å². The number of hydrogen-bond acceptors (Lipinski definition) is 12. The number of nitrogens with zero attached hydrogens (tertiary/aromatic N) is 5. The fourth-order valence-corrected chi connectivity index (χ4v) is 9.80. The van der Waals surface area contributed by atoms with Crippen LogP contribution in [0.2, 0.25) is 0 Å². The standard InChI is InChI=1S/C44H53N7O7S/c1-8-50-33-15-14-26-18-28(33)29(38(50)27-12-10-16-45-36(27)25(4)55-7)19-44(5,6)22-58-43(54)30-13-11-17-51(49-30)42(53)37(39(57-9-2)41-47-32(26)21-59-41)48-40(52)35-24(3)34(35)31-20-56-23-46-31/h10,12,14-16,18,20-21,23-25,30,34-35,37,39,49H,8-9,11,13,17,19,22H2,1-7H3,(H,48,52)/t24-,25-,30-,34-,35+,37-,39-/m0/s1. The Kier molecular flexibility index (Phi) is 11.5. The molecule has 1 saturated heterocycles. The van der Waals surface area contributed by atoms with Crippen molar-refractivity contribution in [3.63, 3.8) is 0 Å². The second kappa shape index (κ2) is 16.6. The van der Waals surface area contributed by atoms with Gasteiger partial charge in [0.15, 0.2) is 6.39 Å². The number of pyridine rings is 1. The number of amides is 2. The maximum atomic E-state index is 14.7. The monoisotopic (exact) mass is 823 g/mol. The number of hydrogen-bond donors (Lipinski definition) is 2. The van der Waals surface area contributed by atoms with Crippen molar-refractivity contribution < 1.29 is 33.0 Å². The molecule has 6 heterocycles. The molecule has 0 unspecified atom stereocenters. The quantitative estimate of drug-likeness (QED) is 0.151. The van der Waals surface area contributed by atoms with E-state index in [1.165, 1.54) is 22.7 Å². The maximum Gasteiger partial charge on any atom is 0.324 e. The van der Waals surface area contributed by atoms with Crippen molar-refractivity contribution in [3.8, 4) is 22.5 Å². The summed E-state index contributed by atoms with van der Waals surface area (Å²) in [6.07, 6.45) is 5.19. The molecule has 312 valence electrons. The van der Waals surface area contributed by atoms with Crippen molar-refractivity contribution in [2.45, 2.75) is 97.6 Å². The molecule has 1 aromatic carbocycles. The van der Waals surface area contributed by atoms with Gasteiger partial charge in [-0.1, -0.05) is 26.8 Å². The van der Waals surface area contributed by atoms with Crippen LogP contribution in [0.15, 0.2) is 59.0 Å². The van der Waals surface area contributed by atoms with E-state index < -0.39 is 41.4 Å². The highest BCUT2D eigenvalue weighted by Crippen LogP contribution is 2.53. The highest BCUT2D eigenvalue weighted by atomic mass is 32.1. The van der Waals surface area contributed by atoms with E-state index in [-0.39, 0.29) is 37.1 Å². The third-order valence-corrected chi connectivity index (χ3v) is 13.0. The molecule has 1 aliphatic carbocycles. The van der Waals surface area contributed by atoms with Crippen molar-refractivity contribution in [3.05, 3.63) is 76.5 Å². The lowest BCUT2D eigenvalue weighted by Crippen LogP contribution is -2.61. The number of carbonyl (C=O) groups excluding carboxylic acids is 3. The third kappa shape index (κ3) is 7.81. The molecule has 3 aliphatic rings. The minimum Gasteiger partial charge on any atom is -0.464 e. The van der Waals surface area contributed by atoms with E-state index >= 15 is 0 Å². The van der Waals surface area contributed by atoms with Gasteiger partial charge in [0, 0.05) is 77.7 Å². The van der Waals surface area contributed by atoms with E-state index in [1.54, 1.807) is 19.6 Å². The molecule has 4 aromatic heterocycles. The summed E-state index contributed by atoms with van der Waals surface area (Å²) < 4.78 is 25.8.